The summed E-state index contributed by atoms with van der Waals surface area (Å²) in [6.07, 6.45) is 0. The molecule has 0 radical (unpaired) electrons. The molecule has 0 saturated carbocycles. The molecule has 0 bridgehead atoms. The van der Waals surface area contributed by atoms with E-state index in [1.54, 1.807) is 0 Å². The second-order valence-corrected chi connectivity index (χ2v) is 3.13. The van der Waals surface area contributed by atoms with Gasteiger partial charge in [-0.05, 0) is 0 Å². The van der Waals surface area contributed by atoms with Crippen molar-refractivity contribution in [2.24, 2.45) is 0 Å². The van der Waals surface area contributed by atoms with Gasteiger partial charge in [0.1, 0.15) is 0 Å². The average Bonchev–Trinajstić information content (AvgIpc) is 2.15. The summed E-state index contributed by atoms with van der Waals surface area (Å²) < 4.78 is 0. The smallest absolute Gasteiger partial charge is 0.300 e. The van der Waals surface area contributed by atoms with Crippen molar-refractivity contribution in [3.63, 3.8) is 0 Å². The van der Waals surface area contributed by atoms with Crippen molar-refractivity contribution in [1.29, 1.82) is 0 Å². The summed E-state index contributed by atoms with van der Waals surface area (Å²) in [5.41, 5.74) is 1.29. The van der Waals surface area contributed by atoms with Gasteiger partial charge < -0.3 is 15.3 Å². The zero-order valence-corrected chi connectivity index (χ0v) is 13.2. The molecule has 118 valence electrons. The Morgan fingerprint density at radius 3 is 1.15 bits per heavy atom. The van der Waals surface area contributed by atoms with Gasteiger partial charge in [0.05, 0.1) is 0 Å². The molecule has 0 aliphatic rings. The van der Waals surface area contributed by atoms with E-state index in [0.29, 0.717) is 0 Å². The maximum absolute atomic E-state index is 9.00. The summed E-state index contributed by atoms with van der Waals surface area (Å²) in [6.45, 7) is 5.31. The summed E-state index contributed by atoms with van der Waals surface area (Å²) in [4.78, 5) is 27.0. The Balaban J connectivity index is -0.0000000881. The van der Waals surface area contributed by atoms with E-state index in [0.717, 1.165) is 20.8 Å². The van der Waals surface area contributed by atoms with E-state index in [2.05, 4.69) is 13.0 Å². The third-order valence-electron chi connectivity index (χ3n) is 0.885. The van der Waals surface area contributed by atoms with Crippen LogP contribution in [0.1, 0.15) is 26.3 Å². The van der Waals surface area contributed by atoms with Crippen LogP contribution in [0.4, 0.5) is 0 Å². The average molecular weight is 378 g/mol. The van der Waals surface area contributed by atoms with Gasteiger partial charge in [-0.15, -0.1) is 0 Å². The normalized spacial score (nSPS) is 6.80. The third-order valence-corrected chi connectivity index (χ3v) is 0.885. The minimum absolute atomic E-state index is 0. The number of aryl methyl sites for hydroxylation is 1. The molecular formula is C13H19O6Pd-. The molecule has 3 N–H and O–H groups in total. The number of aliphatic carboxylic acids is 3. The van der Waals surface area contributed by atoms with Crippen LogP contribution in [-0.4, -0.2) is 33.2 Å². The van der Waals surface area contributed by atoms with Crippen LogP contribution in [0.25, 0.3) is 0 Å². The molecule has 0 unspecified atom stereocenters. The largest absolute Gasteiger partial charge is 0.481 e. The Morgan fingerprint density at radius 2 is 1.05 bits per heavy atom. The number of hydrogen-bond donors (Lipinski definition) is 3. The van der Waals surface area contributed by atoms with Gasteiger partial charge in [0.15, 0.2) is 0 Å². The molecule has 0 atom stereocenters. The predicted molar refractivity (Wildman–Crippen MR) is 69.9 cm³/mol. The first-order valence-corrected chi connectivity index (χ1v) is 5.10. The summed E-state index contributed by atoms with van der Waals surface area (Å²) in [5, 5.41) is 22.2. The molecule has 1 rings (SSSR count). The van der Waals surface area contributed by atoms with Crippen molar-refractivity contribution in [3.8, 4) is 0 Å². The van der Waals surface area contributed by atoms with Crippen LogP contribution in [0.15, 0.2) is 24.3 Å². The van der Waals surface area contributed by atoms with Crippen LogP contribution >= 0.6 is 0 Å². The predicted octanol–water partition coefficient (Wildman–Crippen LogP) is 2.07. The maximum atomic E-state index is 9.00. The van der Waals surface area contributed by atoms with Crippen molar-refractivity contribution in [2.75, 3.05) is 0 Å². The molecule has 0 aliphatic carbocycles. The molecule has 0 fully saturated rings. The number of carboxylic acids is 3. The van der Waals surface area contributed by atoms with Crippen LogP contribution in [0.3, 0.4) is 0 Å². The van der Waals surface area contributed by atoms with Gasteiger partial charge in [0, 0.05) is 41.2 Å². The fraction of sp³-hybridized carbons (Fsp3) is 0.308. The van der Waals surface area contributed by atoms with Gasteiger partial charge in [-0.2, -0.15) is 35.9 Å². The van der Waals surface area contributed by atoms with Crippen LogP contribution < -0.4 is 0 Å². The molecule has 0 spiro atoms. The topological polar surface area (TPSA) is 112 Å². The van der Waals surface area contributed by atoms with Crippen LogP contribution in [0.5, 0.6) is 0 Å². The zero-order chi connectivity index (χ0) is 15.8. The van der Waals surface area contributed by atoms with E-state index in [-0.39, 0.29) is 20.4 Å². The fourth-order valence-electron chi connectivity index (χ4n) is 0.470. The van der Waals surface area contributed by atoms with E-state index in [4.69, 9.17) is 29.7 Å². The van der Waals surface area contributed by atoms with E-state index in [9.17, 15) is 0 Å². The van der Waals surface area contributed by atoms with Crippen LogP contribution in [0.2, 0.25) is 0 Å². The number of rotatable bonds is 0. The molecule has 20 heavy (non-hydrogen) atoms. The molecule has 0 aromatic heterocycles. The minimum atomic E-state index is -0.833. The Kier molecular flexibility index (Phi) is 26.3. The minimum Gasteiger partial charge on any atom is -0.481 e. The number of carboxylic acid groups (broad SMARTS) is 3. The van der Waals surface area contributed by atoms with Crippen molar-refractivity contribution in [3.05, 3.63) is 35.9 Å². The fourth-order valence-corrected chi connectivity index (χ4v) is 0.470. The van der Waals surface area contributed by atoms with Crippen molar-refractivity contribution in [1.82, 2.24) is 0 Å². The summed E-state index contributed by atoms with van der Waals surface area (Å²) >= 11 is 0. The first kappa shape index (κ1) is 26.8. The molecule has 1 aromatic carbocycles. The molecule has 0 aliphatic heterocycles. The molecule has 0 heterocycles. The maximum Gasteiger partial charge on any atom is 0.300 e. The third kappa shape index (κ3) is 96.2. The number of hydrogen-bond acceptors (Lipinski definition) is 3. The SMILES string of the molecule is CC(=O)O.CC(=O)O.CC(=O)O.Cc1cc[c-]cc1.[Pd]. The zero-order valence-electron chi connectivity index (χ0n) is 11.7. The number of benzene rings is 1. The molecular weight excluding hydrogens is 359 g/mol. The molecule has 0 saturated heterocycles. The van der Waals surface area contributed by atoms with Gasteiger partial charge in [-0.25, -0.2) is 0 Å². The van der Waals surface area contributed by atoms with E-state index in [1.165, 1.54) is 5.56 Å². The van der Waals surface area contributed by atoms with Crippen molar-refractivity contribution in [2.45, 2.75) is 27.7 Å². The van der Waals surface area contributed by atoms with Gasteiger partial charge in [0.25, 0.3) is 17.9 Å². The van der Waals surface area contributed by atoms with Gasteiger partial charge >= 0.3 is 0 Å². The van der Waals surface area contributed by atoms with Crippen LogP contribution in [-0.2, 0) is 34.8 Å². The molecule has 7 heteroatoms. The monoisotopic (exact) mass is 377 g/mol. The Morgan fingerprint density at radius 1 is 0.850 bits per heavy atom. The second-order valence-electron chi connectivity index (χ2n) is 3.13. The molecule has 6 nitrogen and oxygen atoms in total. The summed E-state index contributed by atoms with van der Waals surface area (Å²) in [7, 11) is 0. The van der Waals surface area contributed by atoms with Crippen molar-refractivity contribution >= 4 is 17.9 Å². The summed E-state index contributed by atoms with van der Waals surface area (Å²) in [5.74, 6) is -2.50. The first-order chi connectivity index (χ1) is 8.59. The van der Waals surface area contributed by atoms with Gasteiger partial charge in [-0.1, -0.05) is 6.92 Å². The molecule has 0 amide bonds. The van der Waals surface area contributed by atoms with E-state index >= 15 is 0 Å². The van der Waals surface area contributed by atoms with Crippen LogP contribution in [0, 0.1) is 13.0 Å². The first-order valence-electron chi connectivity index (χ1n) is 5.10. The summed E-state index contributed by atoms with van der Waals surface area (Å²) in [6, 6.07) is 10.8. The quantitative estimate of drug-likeness (QED) is 0.471. The Hall–Kier alpha value is -1.71. The Bertz CT molecular complexity index is 324. The van der Waals surface area contributed by atoms with E-state index < -0.39 is 17.9 Å². The van der Waals surface area contributed by atoms with E-state index in [1.807, 2.05) is 24.3 Å². The van der Waals surface area contributed by atoms with Gasteiger partial charge in [-0.3, -0.25) is 14.4 Å². The standard InChI is InChI=1S/C7H7.3C2H4O2.Pd/c1-7-5-3-2-4-6-7;3*1-2(3)4;/h3-6H,1H3;3*1H3,(H,3,4);/q-1;;;;. The second kappa shape index (κ2) is 19.6. The van der Waals surface area contributed by atoms with Gasteiger partial charge in [0.2, 0.25) is 0 Å². The number of carbonyl (C=O) groups is 3. The van der Waals surface area contributed by atoms with Crippen molar-refractivity contribution < 1.29 is 50.1 Å². The Labute approximate surface area is 132 Å². The molecule has 1 aromatic rings.